The lowest BCUT2D eigenvalue weighted by atomic mass is 9.99. The second-order valence-corrected chi connectivity index (χ2v) is 5.32. The number of nitrogens with zero attached hydrogens (tertiary/aromatic N) is 7. The lowest BCUT2D eigenvalue weighted by Gasteiger charge is -2.10. The molecule has 0 spiro atoms. The van der Waals surface area contributed by atoms with Gasteiger partial charge in [-0.25, -0.2) is 4.63 Å². The maximum absolute atomic E-state index is 5.67. The number of aromatic nitrogens is 5. The van der Waals surface area contributed by atoms with Crippen molar-refractivity contribution in [2.24, 2.45) is 10.2 Å². The Balaban J connectivity index is 1.86. The Morgan fingerprint density at radius 2 is 2.00 bits per heavy atom. The Kier molecular flexibility index (Phi) is 3.94. The predicted molar refractivity (Wildman–Crippen MR) is 81.1 cm³/mol. The Morgan fingerprint density at radius 1 is 1.23 bits per heavy atom. The lowest BCUT2D eigenvalue weighted by Crippen LogP contribution is -2.06. The monoisotopic (exact) mass is 302 g/mol. The van der Waals surface area contributed by atoms with Crippen molar-refractivity contribution >= 4 is 17.2 Å². The van der Waals surface area contributed by atoms with Crippen molar-refractivity contribution in [2.75, 3.05) is 5.73 Å². The summed E-state index contributed by atoms with van der Waals surface area (Å²) in [5.74, 6) is 0.485. The average Bonchev–Trinajstić information content (AvgIpc) is 3.11. The molecular weight excluding hydrogens is 284 g/mol. The minimum Gasteiger partial charge on any atom is -0.378 e. The van der Waals surface area contributed by atoms with Gasteiger partial charge in [0.05, 0.1) is 11.4 Å². The van der Waals surface area contributed by atoms with Crippen LogP contribution in [0.1, 0.15) is 50.4 Å². The number of nitrogens with two attached hydrogens (primary N) is 1. The van der Waals surface area contributed by atoms with Gasteiger partial charge in [0.1, 0.15) is 5.69 Å². The van der Waals surface area contributed by atoms with Gasteiger partial charge >= 0.3 is 0 Å². The zero-order valence-corrected chi connectivity index (χ0v) is 12.7. The van der Waals surface area contributed by atoms with Crippen LogP contribution in [0, 0.1) is 6.92 Å². The molecule has 0 aromatic carbocycles. The Labute approximate surface area is 127 Å². The fourth-order valence-electron chi connectivity index (χ4n) is 2.46. The van der Waals surface area contributed by atoms with Crippen LogP contribution in [-0.2, 0) is 0 Å². The van der Waals surface area contributed by atoms with E-state index in [1.165, 1.54) is 23.9 Å². The van der Waals surface area contributed by atoms with E-state index in [9.17, 15) is 0 Å². The van der Waals surface area contributed by atoms with Crippen molar-refractivity contribution in [3.63, 3.8) is 0 Å². The number of rotatable bonds is 3. The molecule has 3 rings (SSSR count). The molecule has 2 N–H and O–H groups in total. The SMILES string of the molecule is CC(=NN=C1CCCCC1)c1nnn(-c2nonc2N)c1C. The van der Waals surface area contributed by atoms with E-state index in [0.29, 0.717) is 17.2 Å². The second kappa shape index (κ2) is 6.04. The molecule has 9 heteroatoms. The molecule has 1 fully saturated rings. The summed E-state index contributed by atoms with van der Waals surface area (Å²) in [6.07, 6.45) is 5.73. The third-order valence-electron chi connectivity index (χ3n) is 3.71. The van der Waals surface area contributed by atoms with Gasteiger partial charge in [0.25, 0.3) is 0 Å². The zero-order chi connectivity index (χ0) is 15.5. The molecule has 0 atom stereocenters. The molecule has 1 aliphatic carbocycles. The first-order valence-corrected chi connectivity index (χ1v) is 7.28. The van der Waals surface area contributed by atoms with Crippen LogP contribution in [-0.4, -0.2) is 36.7 Å². The molecule has 0 unspecified atom stereocenters. The van der Waals surface area contributed by atoms with Gasteiger partial charge < -0.3 is 5.73 Å². The van der Waals surface area contributed by atoms with E-state index in [1.807, 2.05) is 13.8 Å². The summed E-state index contributed by atoms with van der Waals surface area (Å²) in [5, 5.41) is 24.1. The quantitative estimate of drug-likeness (QED) is 0.680. The highest BCUT2D eigenvalue weighted by atomic mass is 16.6. The third kappa shape index (κ3) is 2.74. The number of hydrogen-bond acceptors (Lipinski definition) is 8. The summed E-state index contributed by atoms with van der Waals surface area (Å²) in [4.78, 5) is 0. The van der Waals surface area contributed by atoms with Crippen molar-refractivity contribution in [1.29, 1.82) is 0 Å². The summed E-state index contributed by atoms with van der Waals surface area (Å²) in [5.41, 5.74) is 8.95. The van der Waals surface area contributed by atoms with E-state index >= 15 is 0 Å². The number of anilines is 1. The first-order valence-electron chi connectivity index (χ1n) is 7.28. The Hall–Kier alpha value is -2.58. The van der Waals surface area contributed by atoms with E-state index in [-0.39, 0.29) is 5.82 Å². The van der Waals surface area contributed by atoms with Crippen LogP contribution in [0.3, 0.4) is 0 Å². The molecule has 2 heterocycles. The van der Waals surface area contributed by atoms with Gasteiger partial charge in [-0.1, -0.05) is 11.6 Å². The molecule has 2 aromatic rings. The summed E-state index contributed by atoms with van der Waals surface area (Å²) in [6, 6.07) is 0. The number of hydrogen-bond donors (Lipinski definition) is 1. The van der Waals surface area contributed by atoms with Gasteiger partial charge in [-0.2, -0.15) is 14.9 Å². The second-order valence-electron chi connectivity index (χ2n) is 5.32. The third-order valence-corrected chi connectivity index (χ3v) is 3.71. The van der Waals surface area contributed by atoms with Crippen LogP contribution in [0.4, 0.5) is 5.82 Å². The van der Waals surface area contributed by atoms with Crippen LogP contribution in [0.2, 0.25) is 0 Å². The van der Waals surface area contributed by atoms with E-state index in [4.69, 9.17) is 5.73 Å². The van der Waals surface area contributed by atoms with Crippen LogP contribution < -0.4 is 5.73 Å². The highest BCUT2D eigenvalue weighted by molar-refractivity contribution is 5.98. The van der Waals surface area contributed by atoms with Gasteiger partial charge in [-0.05, 0) is 49.8 Å². The zero-order valence-electron chi connectivity index (χ0n) is 12.7. The molecule has 1 aliphatic rings. The summed E-state index contributed by atoms with van der Waals surface area (Å²) >= 11 is 0. The summed E-state index contributed by atoms with van der Waals surface area (Å²) in [7, 11) is 0. The average molecular weight is 302 g/mol. The predicted octanol–water partition coefficient (Wildman–Crippen LogP) is 1.67. The molecule has 0 radical (unpaired) electrons. The Bertz CT molecular complexity index is 718. The molecule has 22 heavy (non-hydrogen) atoms. The minimum absolute atomic E-state index is 0.164. The van der Waals surface area contributed by atoms with Crippen LogP contribution in [0.25, 0.3) is 5.82 Å². The molecule has 9 nitrogen and oxygen atoms in total. The van der Waals surface area contributed by atoms with Crippen LogP contribution >= 0.6 is 0 Å². The summed E-state index contributed by atoms with van der Waals surface area (Å²) in [6.45, 7) is 3.72. The first kappa shape index (κ1) is 14.4. The topological polar surface area (TPSA) is 120 Å². The Morgan fingerprint density at radius 3 is 2.68 bits per heavy atom. The smallest absolute Gasteiger partial charge is 0.243 e. The van der Waals surface area contributed by atoms with Gasteiger partial charge in [0.15, 0.2) is 0 Å². The van der Waals surface area contributed by atoms with Gasteiger partial charge in [0.2, 0.25) is 11.6 Å². The van der Waals surface area contributed by atoms with Crippen molar-refractivity contribution in [2.45, 2.75) is 46.0 Å². The number of nitrogen functional groups attached to an aromatic ring is 1. The molecule has 0 amide bonds. The molecule has 0 saturated heterocycles. The molecule has 116 valence electrons. The van der Waals surface area contributed by atoms with E-state index in [1.54, 1.807) is 0 Å². The highest BCUT2D eigenvalue weighted by Gasteiger charge is 2.18. The molecule has 2 aromatic heterocycles. The fraction of sp³-hybridized carbons (Fsp3) is 0.538. The maximum Gasteiger partial charge on any atom is 0.243 e. The lowest BCUT2D eigenvalue weighted by molar-refractivity contribution is 0.306. The van der Waals surface area contributed by atoms with E-state index in [0.717, 1.165) is 24.2 Å². The first-order chi connectivity index (χ1) is 10.7. The van der Waals surface area contributed by atoms with Gasteiger partial charge in [-0.15, -0.1) is 5.10 Å². The largest absolute Gasteiger partial charge is 0.378 e. The fourth-order valence-corrected chi connectivity index (χ4v) is 2.46. The van der Waals surface area contributed by atoms with E-state index < -0.39 is 0 Å². The maximum atomic E-state index is 5.67. The highest BCUT2D eigenvalue weighted by Crippen LogP contribution is 2.17. The standard InChI is InChI=1S/C13H18N8O/c1-8(15-16-10-6-4-3-5-7-10)11-9(2)21(20-17-11)13-12(14)18-22-19-13/h3-7H2,1-2H3,(H2,14,18). The van der Waals surface area contributed by atoms with Crippen molar-refractivity contribution in [3.05, 3.63) is 11.4 Å². The van der Waals surface area contributed by atoms with Crippen molar-refractivity contribution in [1.82, 2.24) is 25.3 Å². The molecular formula is C13H18N8O. The van der Waals surface area contributed by atoms with Crippen molar-refractivity contribution in [3.8, 4) is 5.82 Å². The van der Waals surface area contributed by atoms with Crippen LogP contribution in [0.15, 0.2) is 14.8 Å². The van der Waals surface area contributed by atoms with Crippen LogP contribution in [0.5, 0.6) is 0 Å². The van der Waals surface area contributed by atoms with Gasteiger partial charge in [-0.3, -0.25) is 0 Å². The van der Waals surface area contributed by atoms with Gasteiger partial charge in [0, 0.05) is 5.71 Å². The molecule has 1 saturated carbocycles. The molecule has 0 bridgehead atoms. The summed E-state index contributed by atoms with van der Waals surface area (Å²) < 4.78 is 6.07. The van der Waals surface area contributed by atoms with Crippen molar-refractivity contribution < 1.29 is 4.63 Å². The van der Waals surface area contributed by atoms with E-state index in [2.05, 4.69) is 35.5 Å². The minimum atomic E-state index is 0.164. The normalized spacial score (nSPS) is 16.1. The molecule has 0 aliphatic heterocycles.